The van der Waals surface area contributed by atoms with E-state index < -0.39 is 17.7 Å². The lowest BCUT2D eigenvalue weighted by Crippen LogP contribution is -2.56. The van der Waals surface area contributed by atoms with Crippen LogP contribution in [0.25, 0.3) is 15.7 Å². The number of piperazine rings is 1. The van der Waals surface area contributed by atoms with Gasteiger partial charge in [0.2, 0.25) is 0 Å². The van der Waals surface area contributed by atoms with Gasteiger partial charge in [-0.25, -0.2) is 9.64 Å². The van der Waals surface area contributed by atoms with Gasteiger partial charge in [-0.15, -0.1) is 0 Å². The maximum atomic E-state index is 13.3. The highest BCUT2D eigenvalue weighted by Gasteiger charge is 2.34. The van der Waals surface area contributed by atoms with Gasteiger partial charge in [0.1, 0.15) is 0 Å². The summed E-state index contributed by atoms with van der Waals surface area (Å²) < 4.78 is 0. The molecule has 1 aliphatic heterocycles. The van der Waals surface area contributed by atoms with Crippen LogP contribution in [0.2, 0.25) is 0 Å². The largest absolute Gasteiger partial charge is 0.359 e. The zero-order chi connectivity index (χ0) is 28.2. The van der Waals surface area contributed by atoms with E-state index in [0.717, 1.165) is 0 Å². The van der Waals surface area contributed by atoms with Gasteiger partial charge in [0.05, 0.1) is 23.3 Å². The first kappa shape index (κ1) is 26.2. The van der Waals surface area contributed by atoms with Gasteiger partial charge >= 0.3 is 6.03 Å². The van der Waals surface area contributed by atoms with E-state index >= 15 is 0 Å². The van der Waals surface area contributed by atoms with Gasteiger partial charge in [-0.1, -0.05) is 42.5 Å². The topological polar surface area (TPSA) is 119 Å². The van der Waals surface area contributed by atoms with Crippen molar-refractivity contribution in [2.75, 3.05) is 30.3 Å². The molecule has 0 bridgehead atoms. The number of H-pyrrole nitrogens is 1. The van der Waals surface area contributed by atoms with Crippen LogP contribution in [0, 0.1) is 6.57 Å². The molecule has 3 aromatic carbocycles. The maximum Gasteiger partial charge on any atom is 0.323 e. The fourth-order valence-corrected chi connectivity index (χ4v) is 4.80. The van der Waals surface area contributed by atoms with Gasteiger partial charge in [0, 0.05) is 48.5 Å². The first-order valence-electron chi connectivity index (χ1n) is 12.7. The fourth-order valence-electron chi connectivity index (χ4n) is 4.80. The number of para-hydroxylation sites is 1. The number of hydrogen-bond donors (Lipinski definition) is 3. The highest BCUT2D eigenvalue weighted by molar-refractivity contribution is 6.45. The molecule has 0 saturated carbocycles. The smallest absolute Gasteiger partial charge is 0.323 e. The second-order valence-corrected chi connectivity index (χ2v) is 9.46. The molecule has 5 rings (SSSR count). The Bertz CT molecular complexity index is 1640. The molecule has 4 aromatic rings. The number of urea groups is 1. The van der Waals surface area contributed by atoms with E-state index in [1.54, 1.807) is 71.6 Å². The molecule has 1 aromatic heterocycles. The second-order valence-electron chi connectivity index (χ2n) is 9.46. The molecule has 1 saturated heterocycles. The highest BCUT2D eigenvalue weighted by Crippen LogP contribution is 2.27. The predicted molar refractivity (Wildman–Crippen MR) is 151 cm³/mol. The molecule has 4 amide bonds. The van der Waals surface area contributed by atoms with Gasteiger partial charge < -0.3 is 25.4 Å². The number of carbonyl (C=O) groups excluding carboxylic acids is 4. The number of anilines is 2. The molecule has 0 aliphatic carbocycles. The Hall–Kier alpha value is -5.43. The number of hydrogen-bond acceptors (Lipinski definition) is 4. The normalized spacial score (nSPS) is 14.8. The SMILES string of the molecule is [C-]#[N+]c1ccc(NC(=O)Nc2cccc3c(C(=O)C(=O)N4CCN(C(=O)c5ccccc5)C[C@H]4C)c[nH]c23)cc1. The molecular formula is C30H26N6O4. The van der Waals surface area contributed by atoms with Crippen LogP contribution in [0.1, 0.15) is 27.6 Å². The van der Waals surface area contributed by atoms with Crippen molar-refractivity contribution in [1.82, 2.24) is 14.8 Å². The summed E-state index contributed by atoms with van der Waals surface area (Å²) in [4.78, 5) is 61.5. The average Bonchev–Trinajstić information content (AvgIpc) is 3.42. The Labute approximate surface area is 230 Å². The third-order valence-corrected chi connectivity index (χ3v) is 6.85. The number of nitrogens with zero attached hydrogens (tertiary/aromatic N) is 3. The molecule has 2 heterocycles. The minimum Gasteiger partial charge on any atom is -0.359 e. The summed E-state index contributed by atoms with van der Waals surface area (Å²) in [5.41, 5.74) is 2.70. The molecule has 200 valence electrons. The molecule has 40 heavy (non-hydrogen) atoms. The number of rotatable bonds is 5. The van der Waals surface area contributed by atoms with Crippen LogP contribution in [0.3, 0.4) is 0 Å². The lowest BCUT2D eigenvalue weighted by atomic mass is 10.1. The van der Waals surface area contributed by atoms with Gasteiger partial charge in [-0.05, 0) is 37.3 Å². The van der Waals surface area contributed by atoms with Crippen LogP contribution in [0.15, 0.2) is 79.0 Å². The van der Waals surface area contributed by atoms with Gasteiger partial charge in [0.15, 0.2) is 5.69 Å². The van der Waals surface area contributed by atoms with Crippen molar-refractivity contribution in [3.05, 3.63) is 102 Å². The highest BCUT2D eigenvalue weighted by atomic mass is 16.2. The molecule has 1 fully saturated rings. The van der Waals surface area contributed by atoms with Crippen LogP contribution in [-0.4, -0.2) is 64.1 Å². The van der Waals surface area contributed by atoms with E-state index in [1.165, 1.54) is 11.1 Å². The number of carbonyl (C=O) groups is 4. The monoisotopic (exact) mass is 534 g/mol. The second kappa shape index (κ2) is 11.1. The molecule has 0 unspecified atom stereocenters. The summed E-state index contributed by atoms with van der Waals surface area (Å²) in [6.45, 7) is 9.74. The molecule has 10 nitrogen and oxygen atoms in total. The number of amides is 4. The Balaban J connectivity index is 1.27. The van der Waals surface area contributed by atoms with Crippen molar-refractivity contribution in [1.29, 1.82) is 0 Å². The van der Waals surface area contributed by atoms with E-state index in [1.807, 2.05) is 13.0 Å². The number of benzene rings is 3. The summed E-state index contributed by atoms with van der Waals surface area (Å²) in [6.07, 6.45) is 1.47. The number of fused-ring (bicyclic) bond motifs is 1. The Morgan fingerprint density at radius 2 is 1.68 bits per heavy atom. The van der Waals surface area contributed by atoms with Crippen LogP contribution >= 0.6 is 0 Å². The Morgan fingerprint density at radius 3 is 2.38 bits per heavy atom. The molecular weight excluding hydrogens is 508 g/mol. The van der Waals surface area contributed by atoms with E-state index in [9.17, 15) is 19.2 Å². The Morgan fingerprint density at radius 1 is 0.925 bits per heavy atom. The fraction of sp³-hybridized carbons (Fsp3) is 0.167. The van der Waals surface area contributed by atoms with E-state index in [-0.39, 0.29) is 24.1 Å². The molecule has 1 aliphatic rings. The van der Waals surface area contributed by atoms with E-state index in [0.29, 0.717) is 46.6 Å². The van der Waals surface area contributed by atoms with E-state index in [4.69, 9.17) is 6.57 Å². The molecule has 10 heteroatoms. The number of aromatic amines is 1. The van der Waals surface area contributed by atoms with Crippen molar-refractivity contribution >= 4 is 51.6 Å². The van der Waals surface area contributed by atoms with Gasteiger partial charge in [0.25, 0.3) is 17.6 Å². The third-order valence-electron chi connectivity index (χ3n) is 6.85. The zero-order valence-electron chi connectivity index (χ0n) is 21.7. The lowest BCUT2D eigenvalue weighted by Gasteiger charge is -2.39. The molecule has 1 atom stereocenters. The minimum atomic E-state index is -0.664. The number of aromatic nitrogens is 1. The standard InChI is InChI=1S/C30H26N6O4/c1-19-18-35(28(38)20-7-4-3-5-8-20)15-16-36(19)29(39)27(37)24-17-32-26-23(24)9-6-10-25(26)34-30(40)33-22-13-11-21(31-2)12-14-22/h3-14,17,19,32H,15-16,18H2,1H3,(H2,33,34,40)/t19-/m1/s1. The Kier molecular flexibility index (Phi) is 7.29. The quantitative estimate of drug-likeness (QED) is 0.191. The van der Waals surface area contributed by atoms with Crippen LogP contribution in [0.5, 0.6) is 0 Å². The summed E-state index contributed by atoms with van der Waals surface area (Å²) in [5, 5.41) is 5.96. The van der Waals surface area contributed by atoms with Crippen molar-refractivity contribution < 1.29 is 19.2 Å². The van der Waals surface area contributed by atoms with Gasteiger partial charge in [-0.2, -0.15) is 0 Å². The summed E-state index contributed by atoms with van der Waals surface area (Å²) in [6, 6.07) is 19.7. The maximum absolute atomic E-state index is 13.3. The first-order chi connectivity index (χ1) is 19.4. The number of nitrogens with one attached hydrogen (secondary N) is 3. The molecule has 0 radical (unpaired) electrons. The molecule has 3 N–H and O–H groups in total. The number of Topliss-reactive ketones (excluding diaryl/α,β-unsaturated/α-hetero) is 1. The van der Waals surface area contributed by atoms with Crippen molar-refractivity contribution in [3.63, 3.8) is 0 Å². The first-order valence-corrected chi connectivity index (χ1v) is 12.7. The lowest BCUT2D eigenvalue weighted by molar-refractivity contribution is -0.130. The van der Waals surface area contributed by atoms with E-state index in [2.05, 4.69) is 20.5 Å². The summed E-state index contributed by atoms with van der Waals surface area (Å²) in [7, 11) is 0. The van der Waals surface area contributed by atoms with Crippen LogP contribution < -0.4 is 10.6 Å². The van der Waals surface area contributed by atoms with Crippen molar-refractivity contribution in [3.8, 4) is 0 Å². The minimum absolute atomic E-state index is 0.105. The third kappa shape index (κ3) is 5.26. The average molecular weight is 535 g/mol. The van der Waals surface area contributed by atoms with Crippen LogP contribution in [-0.2, 0) is 4.79 Å². The van der Waals surface area contributed by atoms with Crippen molar-refractivity contribution in [2.24, 2.45) is 0 Å². The van der Waals surface area contributed by atoms with Crippen LogP contribution in [0.4, 0.5) is 21.9 Å². The summed E-state index contributed by atoms with van der Waals surface area (Å²) in [5.74, 6) is -1.41. The molecule has 0 spiro atoms. The van der Waals surface area contributed by atoms with Gasteiger partial charge in [-0.3, -0.25) is 14.4 Å². The number of ketones is 1. The van der Waals surface area contributed by atoms with Crippen molar-refractivity contribution in [2.45, 2.75) is 13.0 Å². The summed E-state index contributed by atoms with van der Waals surface area (Å²) >= 11 is 0. The zero-order valence-corrected chi connectivity index (χ0v) is 21.7. The predicted octanol–water partition coefficient (Wildman–Crippen LogP) is 4.92.